The second-order valence-corrected chi connectivity index (χ2v) is 9.85. The first-order chi connectivity index (χ1) is 17.7. The molecular formula is C30H30N6. The lowest BCUT2D eigenvalue weighted by atomic mass is 10.0. The number of aromatic nitrogens is 4. The van der Waals surface area contributed by atoms with Gasteiger partial charge in [0.1, 0.15) is 23.0 Å². The molecule has 36 heavy (non-hydrogen) atoms. The molecule has 2 aromatic carbocycles. The highest BCUT2D eigenvalue weighted by molar-refractivity contribution is 5.92. The molecule has 0 spiro atoms. The maximum absolute atomic E-state index is 4.59. The Morgan fingerprint density at radius 3 is 1.58 bits per heavy atom. The van der Waals surface area contributed by atoms with Gasteiger partial charge in [-0.25, -0.2) is 9.97 Å². The molecule has 2 aromatic heterocycles. The second-order valence-electron chi connectivity index (χ2n) is 9.85. The Kier molecular flexibility index (Phi) is 6.07. The first kappa shape index (κ1) is 22.6. The van der Waals surface area contributed by atoms with Crippen molar-refractivity contribution >= 4 is 10.8 Å². The van der Waals surface area contributed by atoms with Gasteiger partial charge < -0.3 is 9.97 Å². The summed E-state index contributed by atoms with van der Waals surface area (Å²) in [4.78, 5) is 20.7. The van der Waals surface area contributed by atoms with Gasteiger partial charge in [0.15, 0.2) is 0 Å². The molecule has 0 aliphatic carbocycles. The van der Waals surface area contributed by atoms with Crippen molar-refractivity contribution in [1.82, 2.24) is 29.7 Å². The third kappa shape index (κ3) is 4.42. The predicted octanol–water partition coefficient (Wildman–Crippen LogP) is 4.62. The maximum Gasteiger partial charge on any atom is 0.124 e. The van der Waals surface area contributed by atoms with Gasteiger partial charge in [0.05, 0.1) is 24.5 Å². The Morgan fingerprint density at radius 1 is 0.694 bits per heavy atom. The number of nitrogens with one attached hydrogen (secondary N) is 2. The van der Waals surface area contributed by atoms with E-state index in [1.807, 2.05) is 24.5 Å². The number of aromatic amines is 2. The number of hydrogen-bond acceptors (Lipinski definition) is 4. The average molecular weight is 475 g/mol. The summed E-state index contributed by atoms with van der Waals surface area (Å²) >= 11 is 0. The van der Waals surface area contributed by atoms with E-state index in [2.05, 4.69) is 91.8 Å². The van der Waals surface area contributed by atoms with Crippen LogP contribution < -0.4 is 0 Å². The van der Waals surface area contributed by atoms with Crippen molar-refractivity contribution in [3.63, 3.8) is 0 Å². The SMILES string of the molecule is CN1CCCC1c1ncc(C#Cc2cccc3c(C#Cc4cnc(C5CCCN5C)[nH]4)cccc23)[nH]1. The Labute approximate surface area is 212 Å². The molecule has 4 heterocycles. The van der Waals surface area contributed by atoms with Crippen molar-refractivity contribution in [3.8, 4) is 23.7 Å². The first-order valence-electron chi connectivity index (χ1n) is 12.7. The van der Waals surface area contributed by atoms with Crippen molar-refractivity contribution in [2.75, 3.05) is 27.2 Å². The van der Waals surface area contributed by atoms with Gasteiger partial charge in [-0.05, 0) is 87.6 Å². The van der Waals surface area contributed by atoms with E-state index in [1.54, 1.807) is 0 Å². The maximum atomic E-state index is 4.59. The quantitative estimate of drug-likeness (QED) is 0.416. The Bertz CT molecular complexity index is 1410. The number of likely N-dealkylation sites (tertiary alicyclic amines) is 2. The third-order valence-electron chi connectivity index (χ3n) is 7.45. The fraction of sp³-hybridized carbons (Fsp3) is 0.333. The van der Waals surface area contributed by atoms with Crippen molar-refractivity contribution in [2.45, 2.75) is 37.8 Å². The number of fused-ring (bicyclic) bond motifs is 1. The molecule has 0 saturated carbocycles. The second kappa shape index (κ2) is 9.66. The van der Waals surface area contributed by atoms with Gasteiger partial charge in [-0.3, -0.25) is 9.80 Å². The minimum atomic E-state index is 0.365. The van der Waals surface area contributed by atoms with E-state index in [0.717, 1.165) is 70.9 Å². The van der Waals surface area contributed by atoms with E-state index in [0.29, 0.717) is 12.1 Å². The molecule has 4 aromatic rings. The molecule has 0 bridgehead atoms. The monoisotopic (exact) mass is 474 g/mol. The summed E-state index contributed by atoms with van der Waals surface area (Å²) < 4.78 is 0. The largest absolute Gasteiger partial charge is 0.334 e. The predicted molar refractivity (Wildman–Crippen MR) is 142 cm³/mol. The highest BCUT2D eigenvalue weighted by Crippen LogP contribution is 2.29. The molecule has 2 unspecified atom stereocenters. The topological polar surface area (TPSA) is 63.8 Å². The fourth-order valence-corrected chi connectivity index (χ4v) is 5.45. The molecule has 6 rings (SSSR count). The summed E-state index contributed by atoms with van der Waals surface area (Å²) in [6.07, 6.45) is 8.40. The zero-order valence-electron chi connectivity index (χ0n) is 20.8. The average Bonchev–Trinajstić information content (AvgIpc) is 3.69. The molecular weight excluding hydrogens is 444 g/mol. The standard InChI is InChI=1S/C30H30N6/c1-35-17-5-11-27(35)29-31-19-23(33-29)15-13-21-7-3-10-26-22(8-4-9-25(21)26)14-16-24-20-32-30(34-24)28-12-6-18-36(28)2/h3-4,7-10,19-20,27-28H,5-6,11-12,17-18H2,1-2H3,(H,31,33)(H,32,34). The highest BCUT2D eigenvalue weighted by Gasteiger charge is 2.25. The van der Waals surface area contributed by atoms with E-state index >= 15 is 0 Å². The van der Waals surface area contributed by atoms with Crippen LogP contribution in [0.4, 0.5) is 0 Å². The van der Waals surface area contributed by atoms with Crippen LogP contribution in [-0.4, -0.2) is 56.9 Å². The summed E-state index contributed by atoms with van der Waals surface area (Å²) in [5.41, 5.74) is 3.67. The van der Waals surface area contributed by atoms with Crippen molar-refractivity contribution < 1.29 is 0 Å². The highest BCUT2D eigenvalue weighted by atomic mass is 15.2. The van der Waals surface area contributed by atoms with Gasteiger partial charge >= 0.3 is 0 Å². The Balaban J connectivity index is 1.26. The summed E-state index contributed by atoms with van der Waals surface area (Å²) in [6.45, 7) is 2.24. The number of imidazole rings is 2. The minimum Gasteiger partial charge on any atom is -0.334 e. The van der Waals surface area contributed by atoms with E-state index in [9.17, 15) is 0 Å². The van der Waals surface area contributed by atoms with Crippen molar-refractivity contribution in [2.24, 2.45) is 0 Å². The lowest BCUT2D eigenvalue weighted by Gasteiger charge is -2.16. The van der Waals surface area contributed by atoms with Gasteiger partial charge in [-0.1, -0.05) is 36.1 Å². The van der Waals surface area contributed by atoms with Crippen molar-refractivity contribution in [3.05, 3.63) is 83.0 Å². The number of H-pyrrole nitrogens is 2. The van der Waals surface area contributed by atoms with Gasteiger partial charge in [-0.2, -0.15) is 0 Å². The Hall–Kier alpha value is -3.84. The van der Waals surface area contributed by atoms with Crippen LogP contribution in [0, 0.1) is 23.7 Å². The molecule has 180 valence electrons. The van der Waals surface area contributed by atoms with Crippen molar-refractivity contribution in [1.29, 1.82) is 0 Å². The lowest BCUT2D eigenvalue weighted by Crippen LogP contribution is -2.18. The Morgan fingerprint density at radius 2 is 1.17 bits per heavy atom. The lowest BCUT2D eigenvalue weighted by molar-refractivity contribution is 0.307. The van der Waals surface area contributed by atoms with Crippen LogP contribution in [0.1, 0.15) is 71.9 Å². The summed E-state index contributed by atoms with van der Waals surface area (Å²) in [6, 6.07) is 13.2. The van der Waals surface area contributed by atoms with E-state index in [1.165, 1.54) is 12.8 Å². The van der Waals surface area contributed by atoms with Gasteiger partial charge in [-0.15, -0.1) is 0 Å². The smallest absolute Gasteiger partial charge is 0.124 e. The molecule has 2 aliphatic rings. The molecule has 2 N–H and O–H groups in total. The van der Waals surface area contributed by atoms with Crippen LogP contribution in [0.5, 0.6) is 0 Å². The van der Waals surface area contributed by atoms with Crippen LogP contribution in [0.3, 0.4) is 0 Å². The number of nitrogens with zero attached hydrogens (tertiary/aromatic N) is 4. The summed E-state index contributed by atoms with van der Waals surface area (Å²) in [7, 11) is 4.31. The zero-order valence-corrected chi connectivity index (χ0v) is 20.8. The first-order valence-corrected chi connectivity index (χ1v) is 12.7. The van der Waals surface area contributed by atoms with Crippen LogP contribution in [0.25, 0.3) is 10.8 Å². The van der Waals surface area contributed by atoms with E-state index < -0.39 is 0 Å². The van der Waals surface area contributed by atoms with E-state index in [4.69, 9.17) is 0 Å². The number of rotatable bonds is 2. The molecule has 2 aliphatic heterocycles. The summed E-state index contributed by atoms with van der Waals surface area (Å²) in [5.74, 6) is 15.3. The molecule has 2 fully saturated rings. The van der Waals surface area contributed by atoms with E-state index in [-0.39, 0.29) is 0 Å². The molecule has 2 atom stereocenters. The van der Waals surface area contributed by atoms with Gasteiger partial charge in [0.25, 0.3) is 0 Å². The third-order valence-corrected chi connectivity index (χ3v) is 7.45. The molecule has 0 amide bonds. The molecule has 0 radical (unpaired) electrons. The van der Waals surface area contributed by atoms with Gasteiger partial charge in [0, 0.05) is 11.1 Å². The minimum absolute atomic E-state index is 0.365. The number of benzene rings is 2. The normalized spacial score (nSPS) is 20.3. The summed E-state index contributed by atoms with van der Waals surface area (Å²) in [5, 5.41) is 2.20. The fourth-order valence-electron chi connectivity index (χ4n) is 5.45. The van der Waals surface area contributed by atoms with Crippen LogP contribution in [0.2, 0.25) is 0 Å². The van der Waals surface area contributed by atoms with Crippen LogP contribution in [-0.2, 0) is 0 Å². The molecule has 6 heteroatoms. The van der Waals surface area contributed by atoms with Crippen LogP contribution in [0.15, 0.2) is 48.8 Å². The zero-order chi connectivity index (χ0) is 24.5. The number of hydrogen-bond donors (Lipinski definition) is 2. The van der Waals surface area contributed by atoms with Crippen LogP contribution >= 0.6 is 0 Å². The van der Waals surface area contributed by atoms with Gasteiger partial charge in [0.2, 0.25) is 0 Å². The molecule has 2 saturated heterocycles. The molecule has 6 nitrogen and oxygen atoms in total.